The Bertz CT molecular complexity index is 2110. The van der Waals surface area contributed by atoms with Crippen molar-refractivity contribution < 1.29 is 27.1 Å². The molecule has 2 saturated heterocycles. The minimum Gasteiger partial charge on any atom is -0.431 e. The smallest absolute Gasteiger partial charge is 0.397 e. The zero-order valence-electron chi connectivity index (χ0n) is 36.0. The third kappa shape index (κ3) is 12.1. The average Bonchev–Trinajstić information content (AvgIpc) is 3.29. The van der Waals surface area contributed by atoms with Gasteiger partial charge >= 0.3 is 17.2 Å². The molecule has 0 saturated carbocycles. The first-order valence-electron chi connectivity index (χ1n) is 22.0. The quantitative estimate of drug-likeness (QED) is 0.0922. The maximum Gasteiger partial charge on any atom is 0.397 e. The summed E-state index contributed by atoms with van der Waals surface area (Å²) in [7, 11) is -3.14. The van der Waals surface area contributed by atoms with Crippen LogP contribution in [-0.2, 0) is 35.5 Å². The van der Waals surface area contributed by atoms with Crippen molar-refractivity contribution in [3.8, 4) is 5.75 Å². The minimum atomic E-state index is -1.59. The Morgan fingerprint density at radius 3 is 1.39 bits per heavy atom. The molecule has 5 aromatic carbocycles. The Morgan fingerprint density at radius 1 is 0.525 bits per heavy atom. The molecule has 0 N–H and O–H groups in total. The first-order valence-corrected chi connectivity index (χ1v) is 24.2. The van der Waals surface area contributed by atoms with E-state index in [0.717, 1.165) is 43.6 Å². The van der Waals surface area contributed by atoms with Crippen LogP contribution in [-0.4, -0.2) is 26.4 Å². The van der Waals surface area contributed by atoms with E-state index in [4.69, 9.17) is 27.1 Å². The lowest BCUT2D eigenvalue weighted by atomic mass is 9.82. The van der Waals surface area contributed by atoms with Crippen LogP contribution < -0.4 is 4.52 Å². The molecule has 0 radical (unpaired) electrons. The van der Waals surface area contributed by atoms with Crippen molar-refractivity contribution in [2.24, 2.45) is 11.3 Å². The summed E-state index contributed by atoms with van der Waals surface area (Å²) < 4.78 is 38.4. The molecule has 3 aliphatic rings. The van der Waals surface area contributed by atoms with Crippen LogP contribution in [0.4, 0.5) is 0 Å². The van der Waals surface area contributed by atoms with Gasteiger partial charge in [-0.3, -0.25) is 0 Å². The van der Waals surface area contributed by atoms with Crippen LogP contribution in [0.1, 0.15) is 104 Å². The third-order valence-corrected chi connectivity index (χ3v) is 14.4. The predicted octanol–water partition coefficient (Wildman–Crippen LogP) is 14.5. The molecular formula is C53H60O6P2. The summed E-state index contributed by atoms with van der Waals surface area (Å²) in [6.07, 6.45) is 9.33. The highest BCUT2D eigenvalue weighted by molar-refractivity contribution is 7.42. The molecule has 318 valence electrons. The van der Waals surface area contributed by atoms with Gasteiger partial charge in [-0.25, -0.2) is 0 Å². The van der Waals surface area contributed by atoms with Gasteiger partial charge in [0, 0.05) is 6.42 Å². The summed E-state index contributed by atoms with van der Waals surface area (Å²) in [6, 6.07) is 49.6. The molecule has 0 amide bonds. The van der Waals surface area contributed by atoms with Crippen molar-refractivity contribution in [1.82, 2.24) is 0 Å². The highest BCUT2D eigenvalue weighted by Gasteiger charge is 2.45. The summed E-state index contributed by atoms with van der Waals surface area (Å²) >= 11 is 0. The average molecular weight is 855 g/mol. The fourth-order valence-electron chi connectivity index (χ4n) is 8.79. The molecule has 5 atom stereocenters. The minimum absolute atomic E-state index is 0.356. The second kappa shape index (κ2) is 20.8. The lowest BCUT2D eigenvalue weighted by Gasteiger charge is -2.41. The van der Waals surface area contributed by atoms with Crippen LogP contribution in [0.3, 0.4) is 0 Å². The molecule has 5 unspecified atom stereocenters. The number of benzene rings is 5. The summed E-state index contributed by atoms with van der Waals surface area (Å²) in [5.41, 5.74) is 8.75. The van der Waals surface area contributed by atoms with E-state index in [2.05, 4.69) is 179 Å². The van der Waals surface area contributed by atoms with Crippen LogP contribution in [0.15, 0.2) is 163 Å². The Hall–Kier alpha value is -4.12. The predicted molar refractivity (Wildman–Crippen MR) is 249 cm³/mol. The molecule has 5 aromatic rings. The topological polar surface area (TPSA) is 55.4 Å². The molecule has 2 aliphatic heterocycles. The number of rotatable bonds is 16. The van der Waals surface area contributed by atoms with Crippen LogP contribution in [0, 0.1) is 11.3 Å². The van der Waals surface area contributed by atoms with Gasteiger partial charge in [-0.1, -0.05) is 161 Å². The van der Waals surface area contributed by atoms with Gasteiger partial charge in [0.2, 0.25) is 0 Å². The van der Waals surface area contributed by atoms with Crippen molar-refractivity contribution in [2.75, 3.05) is 26.4 Å². The van der Waals surface area contributed by atoms with Crippen molar-refractivity contribution >= 4 is 17.2 Å². The van der Waals surface area contributed by atoms with Gasteiger partial charge in [-0.05, 0) is 112 Å². The monoisotopic (exact) mass is 854 g/mol. The number of allylic oxidation sites excluding steroid dienone is 4. The van der Waals surface area contributed by atoms with Crippen molar-refractivity contribution in [3.63, 3.8) is 0 Å². The van der Waals surface area contributed by atoms with Gasteiger partial charge in [-0.15, -0.1) is 0 Å². The van der Waals surface area contributed by atoms with Crippen molar-refractivity contribution in [1.29, 1.82) is 0 Å². The summed E-state index contributed by atoms with van der Waals surface area (Å²) in [5, 5.41) is 0. The summed E-state index contributed by atoms with van der Waals surface area (Å²) in [4.78, 5) is 0. The lowest BCUT2D eigenvalue weighted by Crippen LogP contribution is -2.45. The van der Waals surface area contributed by atoms with Gasteiger partial charge in [0.25, 0.3) is 0 Å². The third-order valence-electron chi connectivity index (χ3n) is 12.3. The Balaban J connectivity index is 0.879. The second-order valence-corrected chi connectivity index (χ2v) is 19.9. The maximum absolute atomic E-state index is 6.57. The first-order chi connectivity index (χ1) is 29.8. The molecule has 8 rings (SSSR count). The molecule has 61 heavy (non-hydrogen) atoms. The molecule has 1 spiro atoms. The Kier molecular flexibility index (Phi) is 14.9. The molecule has 2 heterocycles. The van der Waals surface area contributed by atoms with E-state index < -0.39 is 22.6 Å². The van der Waals surface area contributed by atoms with Crippen molar-refractivity contribution in [2.45, 2.75) is 83.5 Å². The Morgan fingerprint density at radius 2 is 0.934 bits per heavy atom. The second-order valence-electron chi connectivity index (χ2n) is 17.6. The van der Waals surface area contributed by atoms with Crippen LogP contribution in [0.5, 0.6) is 5.75 Å². The maximum atomic E-state index is 6.57. The molecule has 0 bridgehead atoms. The van der Waals surface area contributed by atoms with E-state index in [1.54, 1.807) is 0 Å². The fraction of sp³-hybridized carbons (Fsp3) is 0.358. The van der Waals surface area contributed by atoms with E-state index >= 15 is 0 Å². The highest BCUT2D eigenvalue weighted by atomic mass is 31.2. The van der Waals surface area contributed by atoms with Gasteiger partial charge < -0.3 is 27.1 Å². The zero-order valence-corrected chi connectivity index (χ0v) is 37.8. The van der Waals surface area contributed by atoms with Crippen LogP contribution in [0.2, 0.25) is 0 Å². The van der Waals surface area contributed by atoms with Crippen molar-refractivity contribution in [3.05, 3.63) is 196 Å². The zero-order chi connectivity index (χ0) is 42.0. The van der Waals surface area contributed by atoms with Crippen LogP contribution in [0.25, 0.3) is 0 Å². The van der Waals surface area contributed by atoms with Crippen LogP contribution >= 0.6 is 17.2 Å². The molecule has 8 heteroatoms. The molecular weight excluding hydrogens is 795 g/mol. The number of hydrogen-bond donors (Lipinski definition) is 0. The van der Waals surface area contributed by atoms with Gasteiger partial charge in [0.1, 0.15) is 11.5 Å². The lowest BCUT2D eigenvalue weighted by molar-refractivity contribution is -0.0698. The Labute approximate surface area is 366 Å². The van der Waals surface area contributed by atoms with E-state index in [9.17, 15) is 0 Å². The SMILES string of the molecule is CC(CC1=CC(CC(C)c2ccccc2)CC(OP2OCC3(CO2)COP(Oc2cc(CC(C)c4ccccc4)cc(CC(C)c4ccccc4)c2)OC3)=C1)c1ccccc1. The van der Waals surface area contributed by atoms with E-state index in [1.165, 1.54) is 39.0 Å². The van der Waals surface area contributed by atoms with E-state index in [0.29, 0.717) is 56.0 Å². The largest absolute Gasteiger partial charge is 0.431 e. The summed E-state index contributed by atoms with van der Waals surface area (Å²) in [6.45, 7) is 10.9. The molecule has 6 nitrogen and oxygen atoms in total. The fourth-order valence-corrected chi connectivity index (χ4v) is 11.3. The van der Waals surface area contributed by atoms with Gasteiger partial charge in [0.05, 0.1) is 31.8 Å². The van der Waals surface area contributed by atoms with E-state index in [-0.39, 0.29) is 0 Å². The first kappa shape index (κ1) is 43.5. The normalized spacial score (nSPS) is 23.6. The van der Waals surface area contributed by atoms with Gasteiger partial charge in [0.15, 0.2) is 0 Å². The standard InChI is InChI=1S/C53H60O6P2/c1-39(47-17-9-5-10-18-47)25-43-29-44(26-40(2)48-19-11-6-12-20-48)32-51(31-43)58-60-54-35-53(36-55-60)37-56-61(57-38-53)59-52-33-45(27-41(3)49-21-13-7-14-22-49)30-46(34-52)28-42(4)50-23-15-8-16-24-50/h5-24,29-33,39-42,46H,25-28,34-38H2,1-4H3. The number of hydrogen-bond acceptors (Lipinski definition) is 6. The van der Waals surface area contributed by atoms with E-state index in [1.807, 2.05) is 0 Å². The molecule has 0 aromatic heterocycles. The molecule has 2 fully saturated rings. The van der Waals surface area contributed by atoms with Gasteiger partial charge in [-0.2, -0.15) is 0 Å². The molecule has 1 aliphatic carbocycles. The highest BCUT2D eigenvalue weighted by Crippen LogP contribution is 2.55. The summed E-state index contributed by atoms with van der Waals surface area (Å²) in [5.74, 6) is 3.64.